The lowest BCUT2D eigenvalue weighted by Gasteiger charge is -2.26. The Kier molecular flexibility index (Phi) is 4.71. The first-order chi connectivity index (χ1) is 11.8. The Labute approximate surface area is 148 Å². The van der Waals surface area contributed by atoms with Gasteiger partial charge in [0.25, 0.3) is 0 Å². The van der Waals surface area contributed by atoms with Crippen molar-refractivity contribution in [2.24, 2.45) is 5.41 Å². The summed E-state index contributed by atoms with van der Waals surface area (Å²) in [6.07, 6.45) is 5.48. The molecule has 1 N–H and O–H groups in total. The number of carbonyl (C=O) groups excluding carboxylic acids is 2. The topological polar surface area (TPSA) is 71.5 Å². The third-order valence-electron chi connectivity index (χ3n) is 4.91. The van der Waals surface area contributed by atoms with Gasteiger partial charge < -0.3 is 15.0 Å². The number of carbonyl (C=O) groups is 2. The molecule has 1 unspecified atom stereocenters. The molecule has 0 aromatic carbocycles. The van der Waals surface area contributed by atoms with Gasteiger partial charge in [-0.2, -0.15) is 0 Å². The van der Waals surface area contributed by atoms with E-state index < -0.39 is 5.60 Å². The van der Waals surface area contributed by atoms with Crippen molar-refractivity contribution in [3.05, 3.63) is 23.9 Å². The van der Waals surface area contributed by atoms with Crippen molar-refractivity contribution < 1.29 is 14.3 Å². The molecular weight excluding hydrogens is 318 g/mol. The van der Waals surface area contributed by atoms with Crippen LogP contribution < -0.4 is 10.2 Å². The second-order valence-electron chi connectivity index (χ2n) is 8.07. The van der Waals surface area contributed by atoms with Crippen LogP contribution in [0.3, 0.4) is 0 Å². The van der Waals surface area contributed by atoms with Crippen molar-refractivity contribution >= 4 is 17.7 Å². The number of rotatable bonds is 2. The van der Waals surface area contributed by atoms with E-state index in [0.29, 0.717) is 12.1 Å². The average Bonchev–Trinajstić information content (AvgIpc) is 2.90. The van der Waals surface area contributed by atoms with Gasteiger partial charge in [0, 0.05) is 25.8 Å². The first-order valence-corrected chi connectivity index (χ1v) is 9.02. The Hall–Kier alpha value is -2.11. The summed E-state index contributed by atoms with van der Waals surface area (Å²) in [5.74, 6) is 0.617. The molecule has 1 atom stereocenters. The summed E-state index contributed by atoms with van der Waals surface area (Å²) in [5, 5.41) is 3.05. The van der Waals surface area contributed by atoms with Crippen molar-refractivity contribution in [2.45, 2.75) is 52.1 Å². The van der Waals surface area contributed by atoms with Gasteiger partial charge in [0.05, 0.1) is 11.0 Å². The lowest BCUT2D eigenvalue weighted by atomic mass is 9.82. The summed E-state index contributed by atoms with van der Waals surface area (Å²) < 4.78 is 5.36. The van der Waals surface area contributed by atoms with Crippen LogP contribution in [0.1, 0.15) is 56.8 Å². The second kappa shape index (κ2) is 6.65. The normalized spacial score (nSPS) is 24.1. The summed E-state index contributed by atoms with van der Waals surface area (Å²) in [7, 11) is 0. The Bertz CT molecular complexity index is 651. The van der Waals surface area contributed by atoms with Crippen LogP contribution in [0.5, 0.6) is 0 Å². The maximum atomic E-state index is 12.5. The van der Waals surface area contributed by atoms with Crippen molar-refractivity contribution in [1.29, 1.82) is 0 Å². The minimum absolute atomic E-state index is 0.179. The van der Waals surface area contributed by atoms with Crippen LogP contribution in [0.4, 0.5) is 5.82 Å². The molecule has 136 valence electrons. The largest absolute Gasteiger partial charge is 0.456 e. The molecule has 3 heterocycles. The van der Waals surface area contributed by atoms with E-state index in [2.05, 4.69) is 15.2 Å². The van der Waals surface area contributed by atoms with E-state index in [1.807, 2.05) is 26.8 Å². The van der Waals surface area contributed by atoms with Gasteiger partial charge in [-0.15, -0.1) is 0 Å². The van der Waals surface area contributed by atoms with E-state index in [9.17, 15) is 9.59 Å². The standard InChI is InChI=1S/C19H27N3O3/c1-18(2,3)25-16(23)14-6-7-15(21-12-14)22-11-9-19(13-22)8-4-5-10-20-17(19)24/h6-7,12H,4-5,8-11,13H2,1-3H3,(H,20,24). The number of anilines is 1. The molecule has 0 bridgehead atoms. The number of aromatic nitrogens is 1. The molecule has 1 spiro atoms. The smallest absolute Gasteiger partial charge is 0.340 e. The van der Waals surface area contributed by atoms with E-state index in [1.54, 1.807) is 12.3 Å². The highest BCUT2D eigenvalue weighted by Crippen LogP contribution is 2.38. The fraction of sp³-hybridized carbons (Fsp3) is 0.632. The molecule has 2 fully saturated rings. The Morgan fingerprint density at radius 3 is 2.76 bits per heavy atom. The lowest BCUT2D eigenvalue weighted by Crippen LogP contribution is -2.41. The first-order valence-electron chi connectivity index (χ1n) is 9.02. The molecule has 6 heteroatoms. The minimum atomic E-state index is -0.524. The zero-order valence-electron chi connectivity index (χ0n) is 15.3. The molecule has 1 aromatic heterocycles. The van der Waals surface area contributed by atoms with Crippen LogP contribution in [-0.2, 0) is 9.53 Å². The van der Waals surface area contributed by atoms with E-state index in [0.717, 1.165) is 44.6 Å². The van der Waals surface area contributed by atoms with Crippen molar-refractivity contribution in [3.8, 4) is 0 Å². The molecular formula is C19H27N3O3. The van der Waals surface area contributed by atoms with Crippen LogP contribution in [0.25, 0.3) is 0 Å². The molecule has 0 aliphatic carbocycles. The summed E-state index contributed by atoms with van der Waals surface area (Å²) in [5.41, 5.74) is -0.369. The fourth-order valence-corrected chi connectivity index (χ4v) is 3.58. The lowest BCUT2D eigenvalue weighted by molar-refractivity contribution is -0.129. The van der Waals surface area contributed by atoms with Gasteiger partial charge in [-0.1, -0.05) is 6.42 Å². The van der Waals surface area contributed by atoms with Gasteiger partial charge in [-0.3, -0.25) is 4.79 Å². The van der Waals surface area contributed by atoms with Gasteiger partial charge >= 0.3 is 5.97 Å². The number of hydrogen-bond donors (Lipinski definition) is 1. The predicted molar refractivity (Wildman–Crippen MR) is 95.5 cm³/mol. The Balaban J connectivity index is 1.69. The maximum absolute atomic E-state index is 12.5. The van der Waals surface area contributed by atoms with Gasteiger partial charge in [0.15, 0.2) is 0 Å². The highest BCUT2D eigenvalue weighted by molar-refractivity contribution is 5.89. The molecule has 1 aromatic rings. The van der Waals surface area contributed by atoms with Crippen molar-refractivity contribution in [1.82, 2.24) is 10.3 Å². The molecule has 1 amide bonds. The molecule has 3 rings (SSSR count). The number of hydrogen-bond acceptors (Lipinski definition) is 5. The van der Waals surface area contributed by atoms with Gasteiger partial charge in [-0.05, 0) is 52.2 Å². The highest BCUT2D eigenvalue weighted by Gasteiger charge is 2.45. The third-order valence-corrected chi connectivity index (χ3v) is 4.91. The zero-order valence-corrected chi connectivity index (χ0v) is 15.3. The van der Waals surface area contributed by atoms with Gasteiger partial charge in [-0.25, -0.2) is 9.78 Å². The van der Waals surface area contributed by atoms with Crippen molar-refractivity contribution in [3.63, 3.8) is 0 Å². The number of nitrogens with one attached hydrogen (secondary N) is 1. The molecule has 6 nitrogen and oxygen atoms in total. The van der Waals surface area contributed by atoms with Crippen LogP contribution >= 0.6 is 0 Å². The van der Waals surface area contributed by atoms with Gasteiger partial charge in [0.1, 0.15) is 11.4 Å². The van der Waals surface area contributed by atoms with Crippen LogP contribution in [0, 0.1) is 5.41 Å². The van der Waals surface area contributed by atoms with Crippen molar-refractivity contribution in [2.75, 3.05) is 24.5 Å². The fourth-order valence-electron chi connectivity index (χ4n) is 3.58. The summed E-state index contributed by atoms with van der Waals surface area (Å²) in [6, 6.07) is 3.58. The Morgan fingerprint density at radius 1 is 1.28 bits per heavy atom. The summed E-state index contributed by atoms with van der Waals surface area (Å²) >= 11 is 0. The van der Waals surface area contributed by atoms with E-state index in [-0.39, 0.29) is 17.3 Å². The number of esters is 1. The second-order valence-corrected chi connectivity index (χ2v) is 8.07. The molecule has 2 saturated heterocycles. The number of nitrogens with zero attached hydrogens (tertiary/aromatic N) is 2. The molecule has 2 aliphatic rings. The van der Waals surface area contributed by atoms with E-state index in [1.165, 1.54) is 0 Å². The van der Waals surface area contributed by atoms with E-state index in [4.69, 9.17) is 4.74 Å². The monoisotopic (exact) mass is 345 g/mol. The maximum Gasteiger partial charge on any atom is 0.340 e. The summed E-state index contributed by atoms with van der Waals surface area (Å²) in [4.78, 5) is 31.1. The van der Waals surface area contributed by atoms with Crippen LogP contribution in [0.15, 0.2) is 18.3 Å². The highest BCUT2D eigenvalue weighted by atomic mass is 16.6. The summed E-state index contributed by atoms with van der Waals surface area (Å²) in [6.45, 7) is 7.81. The van der Waals surface area contributed by atoms with E-state index >= 15 is 0 Å². The quantitative estimate of drug-likeness (QED) is 0.834. The first kappa shape index (κ1) is 17.7. The SMILES string of the molecule is CC(C)(C)OC(=O)c1ccc(N2CCC3(CCCCNC3=O)C2)nc1. The molecule has 25 heavy (non-hydrogen) atoms. The van der Waals surface area contributed by atoms with Crippen LogP contribution in [0.2, 0.25) is 0 Å². The predicted octanol–water partition coefficient (Wildman–Crippen LogP) is 2.53. The Morgan fingerprint density at radius 2 is 2.08 bits per heavy atom. The minimum Gasteiger partial charge on any atom is -0.456 e. The average molecular weight is 345 g/mol. The third kappa shape index (κ3) is 3.94. The number of pyridine rings is 1. The molecule has 2 aliphatic heterocycles. The molecule has 0 radical (unpaired) electrons. The van der Waals surface area contributed by atoms with Gasteiger partial charge in [0.2, 0.25) is 5.91 Å². The number of ether oxygens (including phenoxy) is 1. The zero-order chi connectivity index (χ0) is 18.1. The van der Waals surface area contributed by atoms with Crippen LogP contribution in [-0.4, -0.2) is 42.1 Å². The number of amides is 1. The molecule has 0 saturated carbocycles.